The van der Waals surface area contributed by atoms with Crippen molar-refractivity contribution in [2.75, 3.05) is 30.4 Å². The van der Waals surface area contributed by atoms with Crippen molar-refractivity contribution in [3.05, 3.63) is 89.9 Å². The number of hydrogen-bond acceptors (Lipinski definition) is 6. The summed E-state index contributed by atoms with van der Waals surface area (Å²) < 4.78 is 45.5. The molecule has 0 saturated carbocycles. The molecule has 0 fully saturated rings. The van der Waals surface area contributed by atoms with E-state index in [4.69, 9.17) is 14.2 Å². The highest BCUT2D eigenvalue weighted by atomic mass is 19.1. The molecule has 4 N–H and O–H groups in total. The highest BCUT2D eigenvalue weighted by Gasteiger charge is 2.14. The largest absolute Gasteiger partial charge is 0.457 e. The van der Waals surface area contributed by atoms with Gasteiger partial charge in [-0.25, -0.2) is 13.6 Å². The normalized spacial score (nSPS) is 10.9. The van der Waals surface area contributed by atoms with E-state index in [1.807, 2.05) is 13.8 Å². The summed E-state index contributed by atoms with van der Waals surface area (Å²) in [6, 6.07) is 12.3. The number of ether oxygens (including phenoxy) is 3. The molecule has 0 atom stereocenters. The number of urea groups is 1. The highest BCUT2D eigenvalue weighted by molar-refractivity contribution is 6.00. The van der Waals surface area contributed by atoms with E-state index in [1.54, 1.807) is 37.4 Å². The molecule has 0 saturated heterocycles. The summed E-state index contributed by atoms with van der Waals surface area (Å²) >= 11 is 0. The lowest BCUT2D eigenvalue weighted by molar-refractivity contribution is -0.138. The number of carbonyl (C=O) groups excluding carboxylic acids is 2. The lowest BCUT2D eigenvalue weighted by Crippen LogP contribution is -2.29. The van der Waals surface area contributed by atoms with Gasteiger partial charge >= 0.3 is 6.03 Å². The fourth-order valence-electron chi connectivity index (χ4n) is 4.10. The van der Waals surface area contributed by atoms with Crippen LogP contribution in [-0.2, 0) is 9.47 Å². The number of aromatic amines is 1. The molecule has 0 aliphatic rings. The van der Waals surface area contributed by atoms with Crippen molar-refractivity contribution in [1.82, 2.24) is 15.3 Å². The van der Waals surface area contributed by atoms with Gasteiger partial charge in [0.2, 0.25) is 0 Å². The van der Waals surface area contributed by atoms with E-state index in [2.05, 4.69) is 25.9 Å². The van der Waals surface area contributed by atoms with E-state index in [0.29, 0.717) is 48.9 Å². The number of H-pyrrole nitrogens is 1. The van der Waals surface area contributed by atoms with Crippen LogP contribution in [0, 0.1) is 18.6 Å². The molecule has 12 heteroatoms. The van der Waals surface area contributed by atoms with Gasteiger partial charge in [0.05, 0.1) is 17.1 Å². The van der Waals surface area contributed by atoms with Gasteiger partial charge in [0, 0.05) is 56.3 Å². The Hall–Kier alpha value is -4.81. The van der Waals surface area contributed by atoms with Crippen molar-refractivity contribution in [1.29, 1.82) is 0 Å². The van der Waals surface area contributed by atoms with Gasteiger partial charge in [0.25, 0.3) is 5.91 Å². The number of benzene rings is 2. The summed E-state index contributed by atoms with van der Waals surface area (Å²) in [5.74, 6) is -1.08. The van der Waals surface area contributed by atoms with Crippen LogP contribution in [-0.4, -0.2) is 48.0 Å². The van der Waals surface area contributed by atoms with Crippen LogP contribution in [0.15, 0.2) is 67.0 Å². The SMILES string of the molecule is CCOC(CCNC(=O)c1cc(-c2cc(Oc3ccc(NC(=O)Nc4cc(C)ccc4F)c(F)c3)ccn2)c[nH]1)OCC. The van der Waals surface area contributed by atoms with E-state index < -0.39 is 17.7 Å². The molecule has 226 valence electrons. The third-order valence-electron chi connectivity index (χ3n) is 6.12. The molecule has 0 spiro atoms. The summed E-state index contributed by atoms with van der Waals surface area (Å²) in [4.78, 5) is 32.2. The van der Waals surface area contributed by atoms with Crippen molar-refractivity contribution < 1.29 is 32.6 Å². The average Bonchev–Trinajstić information content (AvgIpc) is 3.48. The Morgan fingerprint density at radius 2 is 1.65 bits per heavy atom. The van der Waals surface area contributed by atoms with E-state index in [9.17, 15) is 18.4 Å². The second kappa shape index (κ2) is 14.9. The van der Waals surface area contributed by atoms with Gasteiger partial charge in [-0.05, 0) is 62.7 Å². The number of carbonyl (C=O) groups is 2. The fraction of sp³-hybridized carbons (Fsp3) is 0.258. The number of nitrogens with zero attached hydrogens (tertiary/aromatic N) is 1. The van der Waals surface area contributed by atoms with Crippen LogP contribution in [0.5, 0.6) is 11.5 Å². The molecule has 43 heavy (non-hydrogen) atoms. The number of pyridine rings is 1. The number of anilines is 2. The van der Waals surface area contributed by atoms with Gasteiger partial charge in [-0.2, -0.15) is 0 Å². The van der Waals surface area contributed by atoms with Crippen LogP contribution < -0.4 is 20.7 Å². The Labute approximate surface area is 247 Å². The van der Waals surface area contributed by atoms with Gasteiger partial charge in [-0.15, -0.1) is 0 Å². The third kappa shape index (κ3) is 8.84. The predicted molar refractivity (Wildman–Crippen MR) is 158 cm³/mol. The summed E-state index contributed by atoms with van der Waals surface area (Å²) in [5, 5.41) is 7.57. The van der Waals surface area contributed by atoms with Crippen LogP contribution in [0.25, 0.3) is 11.3 Å². The molecule has 0 bridgehead atoms. The molecule has 2 heterocycles. The first-order valence-electron chi connectivity index (χ1n) is 13.7. The second-order valence-electron chi connectivity index (χ2n) is 9.37. The van der Waals surface area contributed by atoms with Gasteiger partial charge in [-0.3, -0.25) is 9.78 Å². The van der Waals surface area contributed by atoms with Crippen molar-refractivity contribution in [3.63, 3.8) is 0 Å². The number of amides is 3. The predicted octanol–water partition coefficient (Wildman–Crippen LogP) is 6.62. The zero-order valence-corrected chi connectivity index (χ0v) is 24.0. The van der Waals surface area contributed by atoms with Gasteiger partial charge in [0.1, 0.15) is 28.8 Å². The molecule has 2 aromatic heterocycles. The Balaban J connectivity index is 1.35. The smallest absolute Gasteiger partial charge is 0.323 e. The van der Waals surface area contributed by atoms with E-state index >= 15 is 0 Å². The number of aromatic nitrogens is 2. The number of rotatable bonds is 13. The summed E-state index contributed by atoms with van der Waals surface area (Å²) in [5.41, 5.74) is 2.16. The minimum Gasteiger partial charge on any atom is -0.457 e. The Morgan fingerprint density at radius 3 is 2.40 bits per heavy atom. The standard InChI is InChI=1S/C31H33F2N5O5/c1-4-41-29(42-5-2)11-13-35-30(39)28-15-20(18-36-28)26-17-22(10-12-34-26)43-21-7-9-25(24(33)16-21)37-31(40)38-27-14-19(3)6-8-23(27)32/h6-10,12,14-18,29,36H,4-5,11,13H2,1-3H3,(H,35,39)(H2,37,38,40). The zero-order chi connectivity index (χ0) is 30.8. The van der Waals surface area contributed by atoms with Crippen molar-refractivity contribution >= 4 is 23.3 Å². The summed E-state index contributed by atoms with van der Waals surface area (Å²) in [7, 11) is 0. The van der Waals surface area contributed by atoms with Gasteiger partial charge in [-0.1, -0.05) is 6.07 Å². The fourth-order valence-corrected chi connectivity index (χ4v) is 4.10. The highest BCUT2D eigenvalue weighted by Crippen LogP contribution is 2.28. The minimum atomic E-state index is -0.796. The molecule has 0 aliphatic heterocycles. The van der Waals surface area contributed by atoms with E-state index in [0.717, 1.165) is 11.6 Å². The number of aryl methyl sites for hydroxylation is 1. The monoisotopic (exact) mass is 593 g/mol. The topological polar surface area (TPSA) is 127 Å². The van der Waals surface area contributed by atoms with Crippen LogP contribution in [0.2, 0.25) is 0 Å². The molecule has 3 amide bonds. The summed E-state index contributed by atoms with van der Waals surface area (Å²) in [6.45, 7) is 6.93. The van der Waals surface area contributed by atoms with Crippen molar-refractivity contribution in [2.45, 2.75) is 33.5 Å². The first-order valence-corrected chi connectivity index (χ1v) is 13.7. The van der Waals surface area contributed by atoms with Gasteiger partial charge in [0.15, 0.2) is 6.29 Å². The van der Waals surface area contributed by atoms with Crippen LogP contribution in [0.3, 0.4) is 0 Å². The first-order chi connectivity index (χ1) is 20.7. The molecular weight excluding hydrogens is 560 g/mol. The Morgan fingerprint density at radius 1 is 0.907 bits per heavy atom. The maximum absolute atomic E-state index is 14.8. The van der Waals surface area contributed by atoms with Crippen molar-refractivity contribution in [3.8, 4) is 22.8 Å². The molecule has 10 nitrogen and oxygen atoms in total. The zero-order valence-electron chi connectivity index (χ0n) is 24.0. The van der Waals surface area contributed by atoms with Crippen LogP contribution in [0.4, 0.5) is 25.0 Å². The minimum absolute atomic E-state index is 0.0188. The number of hydrogen-bond donors (Lipinski definition) is 4. The molecule has 4 aromatic rings. The maximum Gasteiger partial charge on any atom is 0.323 e. The summed E-state index contributed by atoms with van der Waals surface area (Å²) in [6.07, 6.45) is 3.31. The lowest BCUT2D eigenvalue weighted by Gasteiger charge is -2.16. The number of halogens is 2. The third-order valence-corrected chi connectivity index (χ3v) is 6.12. The first kappa shape index (κ1) is 31.1. The maximum atomic E-state index is 14.8. The molecule has 0 unspecified atom stereocenters. The van der Waals surface area contributed by atoms with Gasteiger partial charge < -0.3 is 35.1 Å². The average molecular weight is 594 g/mol. The molecule has 4 rings (SSSR count). The molecular formula is C31H33F2N5O5. The van der Waals surface area contributed by atoms with Crippen LogP contribution in [0.1, 0.15) is 36.3 Å². The van der Waals surface area contributed by atoms with Crippen LogP contribution >= 0.6 is 0 Å². The Bertz CT molecular complexity index is 1560. The quantitative estimate of drug-likeness (QED) is 0.129. The molecule has 0 aliphatic carbocycles. The molecule has 0 radical (unpaired) electrons. The van der Waals surface area contributed by atoms with E-state index in [-0.39, 0.29) is 29.3 Å². The molecule has 2 aromatic carbocycles. The second-order valence-corrected chi connectivity index (χ2v) is 9.37. The number of nitrogens with one attached hydrogen (secondary N) is 4. The Kier molecular flexibility index (Phi) is 10.8. The van der Waals surface area contributed by atoms with Crippen molar-refractivity contribution in [2.24, 2.45) is 0 Å². The lowest BCUT2D eigenvalue weighted by atomic mass is 10.2. The van der Waals surface area contributed by atoms with E-state index in [1.165, 1.54) is 30.5 Å².